The number of nitrogens with zero attached hydrogens (tertiary/aromatic N) is 2. The van der Waals surface area contributed by atoms with Crippen LogP contribution in [0.15, 0.2) is 42.6 Å². The van der Waals surface area contributed by atoms with Gasteiger partial charge in [0.05, 0.1) is 11.1 Å². The maximum atomic E-state index is 13.3. The van der Waals surface area contributed by atoms with E-state index in [1.54, 1.807) is 22.7 Å². The van der Waals surface area contributed by atoms with Gasteiger partial charge in [0, 0.05) is 11.8 Å². The Kier molecular flexibility index (Phi) is 2.91. The van der Waals surface area contributed by atoms with Gasteiger partial charge in [0.25, 0.3) is 0 Å². The fourth-order valence-electron chi connectivity index (χ4n) is 2.01. The molecule has 0 saturated carbocycles. The van der Waals surface area contributed by atoms with Gasteiger partial charge in [0.2, 0.25) is 0 Å². The molecule has 0 fully saturated rings. The third kappa shape index (κ3) is 2.02. The SMILES string of the molecule is O=C(O)c1ccn2c(-c3cccc(F)c3)nc(Cl)c2c1. The van der Waals surface area contributed by atoms with Gasteiger partial charge in [-0.2, -0.15) is 0 Å². The van der Waals surface area contributed by atoms with Crippen LogP contribution in [0.2, 0.25) is 5.15 Å². The first-order chi connectivity index (χ1) is 9.56. The number of hydrogen-bond donors (Lipinski definition) is 1. The Morgan fingerprint density at radius 2 is 2.10 bits per heavy atom. The van der Waals surface area contributed by atoms with E-state index in [1.807, 2.05) is 0 Å². The van der Waals surface area contributed by atoms with Gasteiger partial charge in [0.1, 0.15) is 11.6 Å². The molecule has 3 aromatic rings. The summed E-state index contributed by atoms with van der Waals surface area (Å²) in [5.41, 5.74) is 1.14. The fourth-order valence-corrected chi connectivity index (χ4v) is 2.24. The van der Waals surface area contributed by atoms with Gasteiger partial charge < -0.3 is 5.11 Å². The van der Waals surface area contributed by atoms with Crippen molar-refractivity contribution in [3.05, 3.63) is 59.1 Å². The van der Waals surface area contributed by atoms with E-state index in [1.165, 1.54) is 24.3 Å². The van der Waals surface area contributed by atoms with Crippen molar-refractivity contribution in [1.82, 2.24) is 9.38 Å². The minimum absolute atomic E-state index is 0.116. The lowest BCUT2D eigenvalue weighted by Gasteiger charge is -2.02. The van der Waals surface area contributed by atoms with Crippen molar-refractivity contribution < 1.29 is 14.3 Å². The summed E-state index contributed by atoms with van der Waals surface area (Å²) in [6.45, 7) is 0. The molecule has 0 spiro atoms. The van der Waals surface area contributed by atoms with Crippen molar-refractivity contribution in [3.63, 3.8) is 0 Å². The van der Waals surface area contributed by atoms with E-state index in [9.17, 15) is 9.18 Å². The molecule has 20 heavy (non-hydrogen) atoms. The summed E-state index contributed by atoms with van der Waals surface area (Å²) in [6.07, 6.45) is 1.55. The van der Waals surface area contributed by atoms with Gasteiger partial charge in [-0.1, -0.05) is 23.7 Å². The molecule has 2 aromatic heterocycles. The summed E-state index contributed by atoms with van der Waals surface area (Å²) in [7, 11) is 0. The molecule has 6 heteroatoms. The molecule has 100 valence electrons. The predicted molar refractivity (Wildman–Crippen MR) is 72.6 cm³/mol. The van der Waals surface area contributed by atoms with Crippen LogP contribution in [0.5, 0.6) is 0 Å². The van der Waals surface area contributed by atoms with Crippen LogP contribution in [-0.4, -0.2) is 20.5 Å². The van der Waals surface area contributed by atoms with E-state index >= 15 is 0 Å². The summed E-state index contributed by atoms with van der Waals surface area (Å²) in [5.74, 6) is -0.962. The van der Waals surface area contributed by atoms with Crippen LogP contribution in [0.25, 0.3) is 16.9 Å². The van der Waals surface area contributed by atoms with Crippen LogP contribution in [-0.2, 0) is 0 Å². The topological polar surface area (TPSA) is 54.6 Å². The van der Waals surface area contributed by atoms with E-state index in [2.05, 4.69) is 4.98 Å². The van der Waals surface area contributed by atoms with Crippen LogP contribution in [0, 0.1) is 5.82 Å². The summed E-state index contributed by atoms with van der Waals surface area (Å²) in [5, 5.41) is 9.15. The number of pyridine rings is 1. The molecular weight excluding hydrogens is 283 g/mol. The lowest BCUT2D eigenvalue weighted by Crippen LogP contribution is -1.98. The Labute approximate surface area is 118 Å². The number of aromatic carboxylic acids is 1. The van der Waals surface area contributed by atoms with Crippen LogP contribution in [0.1, 0.15) is 10.4 Å². The van der Waals surface area contributed by atoms with Crippen LogP contribution in [0.4, 0.5) is 4.39 Å². The normalized spacial score (nSPS) is 10.9. The van der Waals surface area contributed by atoms with Crippen molar-refractivity contribution in [1.29, 1.82) is 0 Å². The Morgan fingerprint density at radius 3 is 2.80 bits per heavy atom. The van der Waals surface area contributed by atoms with E-state index < -0.39 is 5.97 Å². The second-order valence-corrected chi connectivity index (χ2v) is 4.57. The van der Waals surface area contributed by atoms with Crippen molar-refractivity contribution in [3.8, 4) is 11.4 Å². The number of imidazole rings is 1. The molecule has 1 aromatic carbocycles. The number of carbonyl (C=O) groups is 1. The van der Waals surface area contributed by atoms with Gasteiger partial charge in [-0.05, 0) is 24.3 Å². The van der Waals surface area contributed by atoms with Crippen molar-refractivity contribution in [2.24, 2.45) is 0 Å². The Morgan fingerprint density at radius 1 is 1.30 bits per heavy atom. The highest BCUT2D eigenvalue weighted by Crippen LogP contribution is 2.26. The average molecular weight is 291 g/mol. The molecule has 0 aliphatic heterocycles. The van der Waals surface area contributed by atoms with E-state index in [4.69, 9.17) is 16.7 Å². The molecule has 1 N–H and O–H groups in total. The highest BCUT2D eigenvalue weighted by molar-refractivity contribution is 6.33. The lowest BCUT2D eigenvalue weighted by atomic mass is 10.2. The quantitative estimate of drug-likeness (QED) is 0.786. The number of hydrogen-bond acceptors (Lipinski definition) is 2. The second kappa shape index (κ2) is 4.61. The average Bonchev–Trinajstić information content (AvgIpc) is 2.76. The largest absolute Gasteiger partial charge is 0.478 e. The van der Waals surface area contributed by atoms with Crippen molar-refractivity contribution >= 4 is 23.1 Å². The predicted octanol–water partition coefficient (Wildman–Crippen LogP) is 3.49. The molecule has 0 aliphatic rings. The molecule has 3 rings (SSSR count). The van der Waals surface area contributed by atoms with Crippen LogP contribution in [0.3, 0.4) is 0 Å². The smallest absolute Gasteiger partial charge is 0.335 e. The first-order valence-corrected chi connectivity index (χ1v) is 6.11. The molecule has 0 saturated heterocycles. The van der Waals surface area contributed by atoms with Gasteiger partial charge in [-0.15, -0.1) is 0 Å². The van der Waals surface area contributed by atoms with Gasteiger partial charge in [0.15, 0.2) is 5.15 Å². The van der Waals surface area contributed by atoms with E-state index in [-0.39, 0.29) is 16.5 Å². The van der Waals surface area contributed by atoms with Gasteiger partial charge >= 0.3 is 5.97 Å². The first-order valence-electron chi connectivity index (χ1n) is 5.73. The summed E-state index contributed by atoms with van der Waals surface area (Å²) in [4.78, 5) is 15.1. The zero-order valence-corrected chi connectivity index (χ0v) is 10.8. The van der Waals surface area contributed by atoms with E-state index in [0.29, 0.717) is 16.9 Å². The van der Waals surface area contributed by atoms with Crippen molar-refractivity contribution in [2.75, 3.05) is 0 Å². The maximum Gasteiger partial charge on any atom is 0.335 e. The van der Waals surface area contributed by atoms with Gasteiger partial charge in [-0.3, -0.25) is 4.40 Å². The molecule has 0 unspecified atom stereocenters. The molecule has 0 atom stereocenters. The molecule has 2 heterocycles. The maximum absolute atomic E-state index is 13.3. The summed E-state index contributed by atoms with van der Waals surface area (Å²) >= 11 is 6.03. The second-order valence-electron chi connectivity index (χ2n) is 4.21. The minimum atomic E-state index is -1.04. The number of aromatic nitrogens is 2. The molecular formula is C14H8ClFN2O2. The molecule has 0 amide bonds. The van der Waals surface area contributed by atoms with Crippen molar-refractivity contribution in [2.45, 2.75) is 0 Å². The Bertz CT molecular complexity index is 829. The first kappa shape index (κ1) is 12.6. The van der Waals surface area contributed by atoms with Gasteiger partial charge in [-0.25, -0.2) is 14.2 Å². The third-order valence-electron chi connectivity index (χ3n) is 2.93. The molecule has 0 radical (unpaired) electrons. The number of fused-ring (bicyclic) bond motifs is 1. The highest BCUT2D eigenvalue weighted by Gasteiger charge is 2.14. The zero-order valence-electron chi connectivity index (χ0n) is 10.0. The third-order valence-corrected chi connectivity index (χ3v) is 3.21. The Hall–Kier alpha value is -2.40. The number of carboxylic acid groups (broad SMARTS) is 1. The lowest BCUT2D eigenvalue weighted by molar-refractivity contribution is 0.0697. The van der Waals surface area contributed by atoms with Crippen LogP contribution >= 0.6 is 11.6 Å². The van der Waals surface area contributed by atoms with E-state index in [0.717, 1.165) is 0 Å². The minimum Gasteiger partial charge on any atom is -0.478 e. The molecule has 0 aliphatic carbocycles. The highest BCUT2D eigenvalue weighted by atomic mass is 35.5. The molecule has 4 nitrogen and oxygen atoms in total. The number of halogens is 2. The Balaban J connectivity index is 2.25. The zero-order chi connectivity index (χ0) is 14.3. The summed E-state index contributed by atoms with van der Waals surface area (Å²) in [6, 6.07) is 8.83. The monoisotopic (exact) mass is 290 g/mol. The number of rotatable bonds is 2. The standard InChI is InChI=1S/C14H8ClFN2O2/c15-12-11-7-9(14(19)20)4-5-18(11)13(17-12)8-2-1-3-10(16)6-8/h1-7H,(H,19,20). The molecule has 0 bridgehead atoms. The number of carboxylic acids is 1. The van der Waals surface area contributed by atoms with Crippen LogP contribution < -0.4 is 0 Å². The fraction of sp³-hybridized carbons (Fsp3) is 0. The summed E-state index contributed by atoms with van der Waals surface area (Å²) < 4.78 is 14.9. The number of benzene rings is 1.